The van der Waals surface area contributed by atoms with Crippen molar-refractivity contribution in [3.05, 3.63) is 55.3 Å². The molecule has 7 atom stereocenters. The van der Waals surface area contributed by atoms with Crippen LogP contribution < -0.4 is 22.7 Å². The quantitative estimate of drug-likeness (QED) is 0.247. The van der Waals surface area contributed by atoms with Crippen molar-refractivity contribution in [3.8, 4) is 0 Å². The summed E-state index contributed by atoms with van der Waals surface area (Å²) in [6.45, 7) is 0.855. The summed E-state index contributed by atoms with van der Waals surface area (Å²) in [7, 11) is -2.47. The van der Waals surface area contributed by atoms with Crippen molar-refractivity contribution in [2.24, 2.45) is 0 Å². The van der Waals surface area contributed by atoms with Crippen LogP contribution >= 0.6 is 8.60 Å². The van der Waals surface area contributed by atoms with Gasteiger partial charge in [-0.25, -0.2) is 9.59 Å². The van der Waals surface area contributed by atoms with E-state index in [9.17, 15) is 29.5 Å². The molecule has 15 nitrogen and oxygen atoms in total. The molecule has 4 rings (SSSR count). The molecule has 0 bridgehead atoms. The number of rotatable bonds is 8. The average molecular weight is 515 g/mol. The fourth-order valence-electron chi connectivity index (χ4n) is 3.91. The Balaban J connectivity index is 1.32. The van der Waals surface area contributed by atoms with Gasteiger partial charge in [-0.3, -0.25) is 18.9 Å². The maximum atomic E-state index is 12.1. The Morgan fingerprint density at radius 2 is 1.94 bits per heavy atom. The van der Waals surface area contributed by atoms with Gasteiger partial charge in [0.1, 0.15) is 30.5 Å². The van der Waals surface area contributed by atoms with Crippen LogP contribution in [-0.2, 0) is 18.5 Å². The number of hydrogen-bond acceptors (Lipinski definition) is 12. The number of aliphatic hydroxyl groups is 2. The minimum absolute atomic E-state index is 0.0575. The first-order chi connectivity index (χ1) is 16.7. The summed E-state index contributed by atoms with van der Waals surface area (Å²) in [6, 6.07) is 1.43. The minimum atomic E-state index is -2.47. The normalized spacial score (nSPS) is 29.5. The lowest BCUT2D eigenvalue weighted by molar-refractivity contribution is -0.0527. The monoisotopic (exact) mass is 515 g/mol. The number of nitrogen functional groups attached to an aromatic ring is 1. The zero-order valence-electron chi connectivity index (χ0n) is 18.6. The molecule has 0 saturated carbocycles. The molecule has 4 heterocycles. The maximum Gasteiger partial charge on any atom is 0.351 e. The number of aryl methyl sites for hydroxylation is 1. The third-order valence-corrected chi connectivity index (χ3v) is 6.58. The number of aromatic amines is 1. The van der Waals surface area contributed by atoms with Gasteiger partial charge in [0, 0.05) is 30.8 Å². The smallest absolute Gasteiger partial charge is 0.351 e. The van der Waals surface area contributed by atoms with Gasteiger partial charge in [0.2, 0.25) is 0 Å². The molecule has 6 N–H and O–H groups in total. The average Bonchev–Trinajstić information content (AvgIpc) is 3.37. The zero-order valence-corrected chi connectivity index (χ0v) is 19.5. The van der Waals surface area contributed by atoms with Crippen molar-refractivity contribution >= 4 is 14.4 Å². The van der Waals surface area contributed by atoms with Crippen LogP contribution in [0.15, 0.2) is 32.8 Å². The molecular formula is C19H26N5O10P. The number of hydrogen-bond donors (Lipinski definition) is 5. The summed E-state index contributed by atoms with van der Waals surface area (Å²) >= 11 is 0. The van der Waals surface area contributed by atoms with Gasteiger partial charge < -0.3 is 39.4 Å². The van der Waals surface area contributed by atoms with Gasteiger partial charge >= 0.3 is 20.0 Å². The second-order valence-electron chi connectivity index (χ2n) is 8.18. The molecule has 0 spiro atoms. The number of nitrogens with zero attached hydrogens (tertiary/aromatic N) is 3. The van der Waals surface area contributed by atoms with E-state index in [0.717, 1.165) is 0 Å². The molecule has 35 heavy (non-hydrogen) atoms. The topological polar surface area (TPSA) is 213 Å². The van der Waals surface area contributed by atoms with Crippen molar-refractivity contribution in [1.29, 1.82) is 0 Å². The van der Waals surface area contributed by atoms with Crippen molar-refractivity contribution in [1.82, 2.24) is 19.1 Å². The molecule has 2 aromatic heterocycles. The van der Waals surface area contributed by atoms with Crippen molar-refractivity contribution in [2.45, 2.75) is 56.6 Å². The molecule has 192 valence electrons. The van der Waals surface area contributed by atoms with Crippen molar-refractivity contribution < 1.29 is 33.6 Å². The lowest BCUT2D eigenvalue weighted by Gasteiger charge is -2.21. The summed E-state index contributed by atoms with van der Waals surface area (Å²) in [5.74, 6) is 0.0575. The standard InChI is InChI=1S/C19H26N5O10P/c1-9-6-24(19(29)22-17(9)27)15-4-10(26)13(33-15)8-31-35(30)34-11-5-16(32-12(11)7-25)23-3-2-14(20)21-18(23)28/h2-3,6,10-13,15-16,25-26,30H,4-5,7-8H2,1H3,(H2,20,21,28)(H,22,27,29)/t10-,11-,12+,13+,15+,16+,35?/m0/s1. The molecule has 0 amide bonds. The lowest BCUT2D eigenvalue weighted by Crippen LogP contribution is -2.33. The molecule has 2 fully saturated rings. The molecule has 0 aromatic carbocycles. The summed E-state index contributed by atoms with van der Waals surface area (Å²) in [4.78, 5) is 51.8. The first kappa shape index (κ1) is 25.6. The predicted molar refractivity (Wildman–Crippen MR) is 119 cm³/mol. The van der Waals surface area contributed by atoms with Gasteiger partial charge in [-0.2, -0.15) is 4.98 Å². The van der Waals surface area contributed by atoms with Crippen LogP contribution in [0.2, 0.25) is 0 Å². The van der Waals surface area contributed by atoms with Crippen molar-refractivity contribution in [2.75, 3.05) is 18.9 Å². The summed E-state index contributed by atoms with van der Waals surface area (Å²) in [5, 5.41) is 19.9. The fraction of sp³-hybridized carbons (Fsp3) is 0.579. The van der Waals surface area contributed by atoms with Gasteiger partial charge in [-0.1, -0.05) is 0 Å². The van der Waals surface area contributed by atoms with Gasteiger partial charge in [0.15, 0.2) is 0 Å². The summed E-state index contributed by atoms with van der Waals surface area (Å²) in [6.07, 6.45) is -2.18. The molecule has 2 saturated heterocycles. The van der Waals surface area contributed by atoms with Gasteiger partial charge in [-0.15, -0.1) is 0 Å². The zero-order chi connectivity index (χ0) is 25.3. The first-order valence-electron chi connectivity index (χ1n) is 10.7. The minimum Gasteiger partial charge on any atom is -0.394 e. The highest BCUT2D eigenvalue weighted by molar-refractivity contribution is 7.40. The number of ether oxygens (including phenoxy) is 2. The third-order valence-electron chi connectivity index (χ3n) is 5.76. The molecule has 2 aliphatic rings. The van der Waals surface area contributed by atoms with Crippen LogP contribution in [0.4, 0.5) is 5.82 Å². The van der Waals surface area contributed by atoms with E-state index in [1.807, 2.05) is 0 Å². The van der Waals surface area contributed by atoms with Crippen LogP contribution in [0.3, 0.4) is 0 Å². The van der Waals surface area contributed by atoms with Crippen molar-refractivity contribution in [3.63, 3.8) is 0 Å². The van der Waals surface area contributed by atoms with Crippen LogP contribution in [-0.4, -0.2) is 71.8 Å². The van der Waals surface area contributed by atoms with Gasteiger partial charge in [-0.05, 0) is 13.0 Å². The molecule has 16 heteroatoms. The Morgan fingerprint density at radius 1 is 1.23 bits per heavy atom. The Morgan fingerprint density at radius 3 is 2.66 bits per heavy atom. The van der Waals surface area contributed by atoms with Crippen LogP contribution in [0.25, 0.3) is 0 Å². The van der Waals surface area contributed by atoms with E-state index < -0.39 is 69.0 Å². The van der Waals surface area contributed by atoms with Gasteiger partial charge in [0.25, 0.3) is 5.56 Å². The maximum absolute atomic E-state index is 12.1. The Bertz CT molecular complexity index is 1220. The number of aromatic nitrogens is 4. The van der Waals surface area contributed by atoms with E-state index in [1.54, 1.807) is 0 Å². The molecule has 0 radical (unpaired) electrons. The Labute approximate surface area is 198 Å². The molecule has 1 unspecified atom stereocenters. The lowest BCUT2D eigenvalue weighted by atomic mass is 10.2. The van der Waals surface area contributed by atoms with E-state index in [-0.39, 0.29) is 25.3 Å². The molecule has 2 aromatic rings. The second kappa shape index (κ2) is 10.6. The number of H-pyrrole nitrogens is 1. The molecular weight excluding hydrogens is 489 g/mol. The second-order valence-corrected chi connectivity index (χ2v) is 9.12. The van der Waals surface area contributed by atoms with E-state index in [4.69, 9.17) is 24.3 Å². The summed E-state index contributed by atoms with van der Waals surface area (Å²) in [5.41, 5.74) is 3.99. The number of nitrogens with two attached hydrogens (primary N) is 1. The van der Waals surface area contributed by atoms with Crippen LogP contribution in [0.1, 0.15) is 30.9 Å². The van der Waals surface area contributed by atoms with E-state index in [0.29, 0.717) is 5.56 Å². The van der Waals surface area contributed by atoms with E-state index in [2.05, 4.69) is 9.97 Å². The van der Waals surface area contributed by atoms with E-state index >= 15 is 0 Å². The molecule has 2 aliphatic heterocycles. The SMILES string of the molecule is Cc1cn([C@H]2C[C@H](O)[C@@H](COP(O)O[C@H]3C[C@H](n4ccc(N)nc4=O)O[C@@H]3CO)O2)c(=O)[nH]c1=O. The highest BCUT2D eigenvalue weighted by Crippen LogP contribution is 2.42. The highest BCUT2D eigenvalue weighted by Gasteiger charge is 2.40. The van der Waals surface area contributed by atoms with Crippen LogP contribution in [0, 0.1) is 6.92 Å². The van der Waals surface area contributed by atoms with Gasteiger partial charge in [0.05, 0.1) is 25.4 Å². The highest BCUT2D eigenvalue weighted by atomic mass is 31.2. The fourth-order valence-corrected chi connectivity index (χ4v) is 4.70. The predicted octanol–water partition coefficient (Wildman–Crippen LogP) is -1.77. The summed E-state index contributed by atoms with van der Waals surface area (Å²) < 4.78 is 24.5. The Hall–Kier alpha value is -2.49. The van der Waals surface area contributed by atoms with Crippen LogP contribution in [0.5, 0.6) is 0 Å². The number of nitrogens with one attached hydrogen (secondary N) is 1. The van der Waals surface area contributed by atoms with E-state index in [1.165, 1.54) is 34.5 Å². The Kier molecular flexibility index (Phi) is 7.78. The number of aliphatic hydroxyl groups excluding tert-OH is 2. The number of anilines is 1. The molecule has 0 aliphatic carbocycles. The largest absolute Gasteiger partial charge is 0.394 e. The first-order valence-corrected chi connectivity index (χ1v) is 11.8. The third kappa shape index (κ3) is 5.68.